The van der Waals surface area contributed by atoms with Crippen LogP contribution in [0.15, 0.2) is 241 Å². The van der Waals surface area contributed by atoms with E-state index in [1.54, 1.807) is 30.4 Å². The Morgan fingerprint density at radius 1 is 0.500 bits per heavy atom. The minimum Gasteiger partial charge on any atom is -0.455 e. The van der Waals surface area contributed by atoms with E-state index in [1.165, 1.54) is 11.0 Å². The molecule has 292 valence electrons. The van der Waals surface area contributed by atoms with Crippen LogP contribution in [0.1, 0.15) is 22.1 Å². The van der Waals surface area contributed by atoms with Gasteiger partial charge in [-0.3, -0.25) is 0 Å². The number of benzene rings is 10. The zero-order chi connectivity index (χ0) is 48.4. The van der Waals surface area contributed by atoms with E-state index < -0.39 is 24.2 Å². The molecule has 0 saturated heterocycles. The van der Waals surface area contributed by atoms with Crippen LogP contribution in [0.5, 0.6) is 0 Å². The lowest BCUT2D eigenvalue weighted by Crippen LogP contribution is -2.11. The van der Waals surface area contributed by atoms with Crippen molar-refractivity contribution >= 4 is 83.0 Å². The van der Waals surface area contributed by atoms with Crippen molar-refractivity contribution in [3.05, 3.63) is 248 Å². The Kier molecular flexibility index (Phi) is 7.40. The van der Waals surface area contributed by atoms with Gasteiger partial charge in [0.15, 0.2) is 0 Å². The molecule has 0 unspecified atom stereocenters. The first-order chi connectivity index (χ1) is 34.0. The highest BCUT2D eigenvalue weighted by atomic mass is 16.3. The van der Waals surface area contributed by atoms with Crippen molar-refractivity contribution < 1.29 is 15.4 Å². The molecule has 0 spiro atoms. The van der Waals surface area contributed by atoms with Gasteiger partial charge in [-0.2, -0.15) is 0 Å². The van der Waals surface area contributed by atoms with Crippen molar-refractivity contribution in [2.24, 2.45) is 0 Å². The topological polar surface area (TPSA) is 16.4 Å². The third-order valence-electron chi connectivity index (χ3n) is 11.4. The van der Waals surface area contributed by atoms with E-state index in [9.17, 15) is 11.0 Å². The second-order valence-electron chi connectivity index (χ2n) is 15.1. The lowest BCUT2D eigenvalue weighted by Gasteiger charge is -2.28. The van der Waals surface area contributed by atoms with Crippen LogP contribution < -0.4 is 4.90 Å². The molecule has 0 atom stereocenters. The molecule has 0 fully saturated rings. The van der Waals surface area contributed by atoms with Crippen molar-refractivity contribution in [3.63, 3.8) is 0 Å². The van der Waals surface area contributed by atoms with Gasteiger partial charge in [0, 0.05) is 33.1 Å². The molecule has 0 aliphatic carbocycles. The summed E-state index contributed by atoms with van der Waals surface area (Å²) in [5, 5.41) is 7.75. The number of allylic oxidation sites excluding steroid dienone is 4. The van der Waals surface area contributed by atoms with Crippen LogP contribution in [0, 0.1) is 0 Å². The van der Waals surface area contributed by atoms with Crippen molar-refractivity contribution in [2.75, 3.05) is 4.90 Å². The highest BCUT2D eigenvalue weighted by molar-refractivity contribution is 6.16. The average Bonchev–Trinajstić information content (AvgIpc) is 3.78. The Balaban J connectivity index is 1.12. The van der Waals surface area contributed by atoms with Gasteiger partial charge in [-0.05, 0) is 115 Å². The maximum Gasteiger partial charge on any atom is 0.143 e. The maximum absolute atomic E-state index is 9.77. The molecule has 0 aliphatic rings. The number of nitrogens with zero attached hydrogens (tertiary/aromatic N) is 1. The fourth-order valence-electron chi connectivity index (χ4n) is 8.34. The zero-order valence-corrected chi connectivity index (χ0v) is 33.5. The summed E-state index contributed by atoms with van der Waals surface area (Å²) in [5.74, 6) is 0. The van der Waals surface area contributed by atoms with Gasteiger partial charge in [-0.15, -0.1) is 0 Å². The molecular formula is C60H41NO. The molecule has 1 aromatic heterocycles. The smallest absolute Gasteiger partial charge is 0.143 e. The van der Waals surface area contributed by atoms with Crippen molar-refractivity contribution in [2.45, 2.75) is 0 Å². The monoisotopic (exact) mass is 799 g/mol. The Bertz CT molecular complexity index is 3970. The summed E-state index contributed by atoms with van der Waals surface area (Å²) >= 11 is 0. The maximum atomic E-state index is 9.77. The summed E-state index contributed by atoms with van der Waals surface area (Å²) in [5.41, 5.74) is 4.88. The molecule has 0 saturated carbocycles. The Hall–Kier alpha value is -8.20. The van der Waals surface area contributed by atoms with E-state index in [0.717, 1.165) is 59.8 Å². The van der Waals surface area contributed by atoms with Crippen LogP contribution in [-0.2, 0) is 0 Å². The first-order valence-corrected chi connectivity index (χ1v) is 20.5. The molecule has 11 aromatic rings. The number of rotatable bonds is 9. The molecule has 10 aromatic carbocycles. The number of hydrogen-bond acceptors (Lipinski definition) is 2. The predicted molar refractivity (Wildman–Crippen MR) is 265 cm³/mol. The van der Waals surface area contributed by atoms with Gasteiger partial charge in [0.25, 0.3) is 0 Å². The standard InChI is InChI=1S/C60H41NO/c1-2-42(43-14-4-3-5-15-43)18-12-13-41-23-32-50(33-24-41)61(51-34-27-44(28-35-51)47-30-36-53-48(39-47)26-25-45-16-6-8-19-52(45)53)58-22-11-10-20-54(58)49-31-38-59-57(40-49)56-37-29-46-17-7-9-21-55(46)60(56)62-59/h2-40H,1H2/b13-12+,42-18+/i23D,24D,27D,28D,32D,33D,34D,35D. The number of para-hydroxylation sites is 1. The number of anilines is 3. The molecular weight excluding hydrogens is 751 g/mol. The largest absolute Gasteiger partial charge is 0.455 e. The van der Waals surface area contributed by atoms with Crippen molar-refractivity contribution in [3.8, 4) is 22.3 Å². The molecule has 0 radical (unpaired) electrons. The molecule has 62 heavy (non-hydrogen) atoms. The van der Waals surface area contributed by atoms with Crippen molar-refractivity contribution in [1.82, 2.24) is 0 Å². The van der Waals surface area contributed by atoms with E-state index in [0.29, 0.717) is 28.0 Å². The zero-order valence-electron chi connectivity index (χ0n) is 41.5. The van der Waals surface area contributed by atoms with E-state index in [2.05, 4.69) is 12.6 Å². The molecule has 0 bridgehead atoms. The van der Waals surface area contributed by atoms with Gasteiger partial charge >= 0.3 is 0 Å². The van der Waals surface area contributed by atoms with Crippen LogP contribution in [0.2, 0.25) is 0 Å². The molecule has 0 N–H and O–H groups in total. The molecule has 2 heteroatoms. The lowest BCUT2D eigenvalue weighted by molar-refractivity contribution is 0.672. The SMILES string of the molecule is [2H]c1c([2H])c(N(c2ccccc2-c2ccc3oc4c5ccccc5ccc4c3c2)c2c([2H])c([2H])c(-c3ccc4c(ccc5ccccc54)c3)c([2H])c2[2H])c([2H])c([2H])c1/C=C/C=C(\C=C)c1ccccc1. The van der Waals surface area contributed by atoms with Crippen molar-refractivity contribution in [1.29, 1.82) is 0 Å². The number of fused-ring (bicyclic) bond motifs is 8. The Morgan fingerprint density at radius 2 is 1.13 bits per heavy atom. The molecule has 0 aliphatic heterocycles. The highest BCUT2D eigenvalue weighted by Crippen LogP contribution is 2.43. The second-order valence-corrected chi connectivity index (χ2v) is 15.1. The van der Waals surface area contributed by atoms with Crippen LogP contribution in [0.25, 0.3) is 88.2 Å². The predicted octanol–water partition coefficient (Wildman–Crippen LogP) is 17.1. The molecule has 0 amide bonds. The first kappa shape index (κ1) is 29.1. The number of hydrogen-bond donors (Lipinski definition) is 0. The lowest BCUT2D eigenvalue weighted by atomic mass is 9.97. The average molecular weight is 800 g/mol. The minimum atomic E-state index is -0.433. The van der Waals surface area contributed by atoms with E-state index in [4.69, 9.17) is 4.42 Å². The van der Waals surface area contributed by atoms with Gasteiger partial charge in [0.2, 0.25) is 0 Å². The third-order valence-corrected chi connectivity index (χ3v) is 11.4. The Morgan fingerprint density at radius 3 is 1.94 bits per heavy atom. The first-order valence-electron chi connectivity index (χ1n) is 24.5. The number of furan rings is 1. The molecule has 11 rings (SSSR count). The van der Waals surface area contributed by atoms with E-state index in [1.807, 2.05) is 146 Å². The molecule has 2 nitrogen and oxygen atoms in total. The van der Waals surface area contributed by atoms with E-state index in [-0.39, 0.29) is 46.7 Å². The second kappa shape index (κ2) is 15.8. The van der Waals surface area contributed by atoms with Gasteiger partial charge in [0.05, 0.1) is 16.7 Å². The van der Waals surface area contributed by atoms with Gasteiger partial charge in [-0.25, -0.2) is 0 Å². The van der Waals surface area contributed by atoms with Crippen LogP contribution in [-0.4, -0.2) is 0 Å². The van der Waals surface area contributed by atoms with Crippen LogP contribution >= 0.6 is 0 Å². The summed E-state index contributed by atoms with van der Waals surface area (Å²) in [7, 11) is 0. The van der Waals surface area contributed by atoms with E-state index >= 15 is 0 Å². The summed E-state index contributed by atoms with van der Waals surface area (Å²) in [6, 6.07) is 49.3. The summed E-state index contributed by atoms with van der Waals surface area (Å²) < 4.78 is 83.2. The fourth-order valence-corrected chi connectivity index (χ4v) is 8.34. The van der Waals surface area contributed by atoms with Gasteiger partial charge in [-0.1, -0.05) is 189 Å². The van der Waals surface area contributed by atoms with Gasteiger partial charge < -0.3 is 9.32 Å². The Labute approximate surface area is 372 Å². The van der Waals surface area contributed by atoms with Gasteiger partial charge in [0.1, 0.15) is 11.2 Å². The fraction of sp³-hybridized carbons (Fsp3) is 0. The third kappa shape index (κ3) is 6.74. The summed E-state index contributed by atoms with van der Waals surface area (Å²) in [6.07, 6.45) is 6.68. The quantitative estimate of drug-likeness (QED) is 0.107. The van der Waals surface area contributed by atoms with Crippen LogP contribution in [0.4, 0.5) is 17.1 Å². The normalized spacial score (nSPS) is 13.8. The molecule has 1 heterocycles. The van der Waals surface area contributed by atoms with Crippen LogP contribution in [0.3, 0.4) is 0 Å². The summed E-state index contributed by atoms with van der Waals surface area (Å²) in [6.45, 7) is 3.95. The highest BCUT2D eigenvalue weighted by Gasteiger charge is 2.19. The minimum absolute atomic E-state index is 0.0310. The summed E-state index contributed by atoms with van der Waals surface area (Å²) in [4.78, 5) is 1.37.